The number of nitrogens with one attached hydrogen (secondary N) is 1. The fourth-order valence-corrected chi connectivity index (χ4v) is 3.32. The minimum absolute atomic E-state index is 0.0866. The molecular formula is C20H18FN3O3. The van der Waals surface area contributed by atoms with E-state index in [2.05, 4.69) is 5.32 Å². The van der Waals surface area contributed by atoms with Crippen LogP contribution in [0.5, 0.6) is 0 Å². The number of carbonyl (C=O) groups is 2. The topological polar surface area (TPSA) is 67.5 Å². The Labute approximate surface area is 155 Å². The second-order valence-electron chi connectivity index (χ2n) is 6.38. The van der Waals surface area contributed by atoms with Crippen molar-refractivity contribution in [3.63, 3.8) is 0 Å². The normalized spacial score (nSPS) is 16.5. The number of aromatic nitrogens is 1. The first-order chi connectivity index (χ1) is 13.1. The van der Waals surface area contributed by atoms with E-state index in [0.717, 1.165) is 5.69 Å². The predicted octanol–water partition coefficient (Wildman–Crippen LogP) is 3.45. The fourth-order valence-electron chi connectivity index (χ4n) is 3.32. The van der Waals surface area contributed by atoms with Gasteiger partial charge in [0.1, 0.15) is 11.9 Å². The molecule has 3 heterocycles. The summed E-state index contributed by atoms with van der Waals surface area (Å²) >= 11 is 0. The molecule has 1 aliphatic rings. The Kier molecular flexibility index (Phi) is 4.50. The highest BCUT2D eigenvalue weighted by atomic mass is 19.1. The molecule has 0 spiro atoms. The second kappa shape index (κ2) is 7.11. The van der Waals surface area contributed by atoms with E-state index in [9.17, 15) is 14.0 Å². The van der Waals surface area contributed by atoms with Gasteiger partial charge in [-0.05, 0) is 55.3 Å². The largest absolute Gasteiger partial charge is 0.459 e. The van der Waals surface area contributed by atoms with Gasteiger partial charge in [0, 0.05) is 24.6 Å². The summed E-state index contributed by atoms with van der Waals surface area (Å²) in [4.78, 5) is 26.7. The molecule has 1 N–H and O–H groups in total. The van der Waals surface area contributed by atoms with Crippen molar-refractivity contribution in [2.45, 2.75) is 18.9 Å². The Morgan fingerprint density at radius 3 is 2.70 bits per heavy atom. The maximum atomic E-state index is 14.2. The van der Waals surface area contributed by atoms with Crippen LogP contribution in [0.25, 0.3) is 5.69 Å². The SMILES string of the molecule is O=C(Nc1cc(-n2cccc2)ccc1F)[C@@H]1CCCN1C(=O)c1ccco1. The molecule has 0 saturated carbocycles. The first-order valence-electron chi connectivity index (χ1n) is 8.72. The molecule has 4 rings (SSSR count). The predicted molar refractivity (Wildman–Crippen MR) is 97.1 cm³/mol. The Morgan fingerprint density at radius 2 is 1.96 bits per heavy atom. The molecule has 0 aliphatic carbocycles. The van der Waals surface area contributed by atoms with E-state index >= 15 is 0 Å². The number of hydrogen-bond donors (Lipinski definition) is 1. The molecule has 2 aromatic heterocycles. The van der Waals surface area contributed by atoms with Crippen molar-refractivity contribution >= 4 is 17.5 Å². The van der Waals surface area contributed by atoms with Gasteiger partial charge in [0.15, 0.2) is 5.76 Å². The van der Waals surface area contributed by atoms with Gasteiger partial charge in [-0.2, -0.15) is 0 Å². The third-order valence-corrected chi connectivity index (χ3v) is 4.66. The highest BCUT2D eigenvalue weighted by molar-refractivity contribution is 6.00. The molecule has 0 radical (unpaired) electrons. The maximum absolute atomic E-state index is 14.2. The van der Waals surface area contributed by atoms with Crippen molar-refractivity contribution in [2.24, 2.45) is 0 Å². The smallest absolute Gasteiger partial charge is 0.290 e. The molecule has 7 heteroatoms. The number of nitrogens with zero attached hydrogens (tertiary/aromatic N) is 2. The summed E-state index contributed by atoms with van der Waals surface area (Å²) in [6, 6.07) is 10.8. The van der Waals surface area contributed by atoms with E-state index in [-0.39, 0.29) is 17.4 Å². The maximum Gasteiger partial charge on any atom is 0.290 e. The van der Waals surface area contributed by atoms with Gasteiger partial charge in [-0.3, -0.25) is 9.59 Å². The first-order valence-corrected chi connectivity index (χ1v) is 8.72. The average molecular weight is 367 g/mol. The number of benzene rings is 1. The number of anilines is 1. The highest BCUT2D eigenvalue weighted by Crippen LogP contribution is 2.24. The summed E-state index contributed by atoms with van der Waals surface area (Å²) in [6.45, 7) is 0.462. The van der Waals surface area contributed by atoms with Crippen LogP contribution in [0.4, 0.5) is 10.1 Å². The summed E-state index contributed by atoms with van der Waals surface area (Å²) in [5.74, 6) is -1.08. The number of likely N-dealkylation sites (tertiary alicyclic amines) is 1. The molecule has 1 atom stereocenters. The monoisotopic (exact) mass is 367 g/mol. The molecule has 0 unspecified atom stereocenters. The summed E-state index contributed by atoms with van der Waals surface area (Å²) in [5.41, 5.74) is 0.815. The molecule has 2 amide bonds. The Balaban J connectivity index is 1.53. The van der Waals surface area contributed by atoms with Crippen molar-refractivity contribution in [3.05, 3.63) is 72.7 Å². The van der Waals surface area contributed by atoms with E-state index in [0.29, 0.717) is 19.4 Å². The summed E-state index contributed by atoms with van der Waals surface area (Å²) in [7, 11) is 0. The van der Waals surface area contributed by atoms with Crippen molar-refractivity contribution in [3.8, 4) is 5.69 Å². The van der Waals surface area contributed by atoms with E-state index in [1.165, 1.54) is 17.2 Å². The van der Waals surface area contributed by atoms with Crippen molar-refractivity contribution in [1.29, 1.82) is 0 Å². The van der Waals surface area contributed by atoms with Crippen LogP contribution in [0, 0.1) is 5.82 Å². The quantitative estimate of drug-likeness (QED) is 0.768. The number of halogens is 1. The van der Waals surface area contributed by atoms with Gasteiger partial charge >= 0.3 is 0 Å². The zero-order valence-corrected chi connectivity index (χ0v) is 14.5. The van der Waals surface area contributed by atoms with Crippen molar-refractivity contribution < 1.29 is 18.4 Å². The third-order valence-electron chi connectivity index (χ3n) is 4.66. The van der Waals surface area contributed by atoms with Crippen LogP contribution < -0.4 is 5.32 Å². The van der Waals surface area contributed by atoms with Gasteiger partial charge < -0.3 is 19.2 Å². The van der Waals surface area contributed by atoms with Crippen LogP contribution in [0.15, 0.2) is 65.5 Å². The average Bonchev–Trinajstić information content (AvgIpc) is 3.43. The fraction of sp³-hybridized carbons (Fsp3) is 0.200. The van der Waals surface area contributed by atoms with E-state index < -0.39 is 17.8 Å². The van der Waals surface area contributed by atoms with Crippen LogP contribution >= 0.6 is 0 Å². The Bertz CT molecular complexity index is 951. The minimum atomic E-state index is -0.655. The Hall–Kier alpha value is -3.35. The minimum Gasteiger partial charge on any atom is -0.459 e. The zero-order valence-electron chi connectivity index (χ0n) is 14.5. The molecule has 138 valence electrons. The second-order valence-corrected chi connectivity index (χ2v) is 6.38. The number of furan rings is 1. The van der Waals surface area contributed by atoms with Crippen molar-refractivity contribution in [2.75, 3.05) is 11.9 Å². The number of hydrogen-bond acceptors (Lipinski definition) is 3. The summed E-state index contributed by atoms with van der Waals surface area (Å²) in [5, 5.41) is 2.63. The summed E-state index contributed by atoms with van der Waals surface area (Å²) in [6.07, 6.45) is 6.31. The van der Waals surface area contributed by atoms with E-state index in [4.69, 9.17) is 4.42 Å². The van der Waals surface area contributed by atoms with Gasteiger partial charge in [0.2, 0.25) is 5.91 Å². The van der Waals surface area contributed by atoms with Gasteiger partial charge in [-0.1, -0.05) is 0 Å². The summed E-state index contributed by atoms with van der Waals surface area (Å²) < 4.78 is 21.2. The van der Waals surface area contributed by atoms with Crippen LogP contribution in [-0.2, 0) is 4.79 Å². The van der Waals surface area contributed by atoms with Crippen LogP contribution in [0.2, 0.25) is 0 Å². The standard InChI is InChI=1S/C20H18FN3O3/c21-15-8-7-14(23-9-1-2-10-23)13-16(15)22-19(25)17-5-3-11-24(17)20(26)18-6-4-12-27-18/h1-2,4,6-10,12-13,17H,3,5,11H2,(H,22,25)/t17-/m0/s1. The molecular weight excluding hydrogens is 349 g/mol. The third kappa shape index (κ3) is 3.36. The van der Waals surface area contributed by atoms with Gasteiger partial charge in [0.25, 0.3) is 5.91 Å². The molecule has 1 aliphatic heterocycles. The number of rotatable bonds is 4. The lowest BCUT2D eigenvalue weighted by atomic mass is 10.2. The van der Waals surface area contributed by atoms with Crippen LogP contribution in [0.3, 0.4) is 0 Å². The van der Waals surface area contributed by atoms with Crippen LogP contribution in [0.1, 0.15) is 23.4 Å². The zero-order chi connectivity index (χ0) is 18.8. The lowest BCUT2D eigenvalue weighted by Crippen LogP contribution is -2.43. The van der Waals surface area contributed by atoms with Gasteiger partial charge in [0.05, 0.1) is 12.0 Å². The number of amides is 2. The van der Waals surface area contributed by atoms with Gasteiger partial charge in [-0.25, -0.2) is 4.39 Å². The molecule has 27 heavy (non-hydrogen) atoms. The molecule has 0 bridgehead atoms. The molecule has 3 aromatic rings. The molecule has 1 saturated heterocycles. The highest BCUT2D eigenvalue weighted by Gasteiger charge is 2.35. The van der Waals surface area contributed by atoms with Crippen LogP contribution in [-0.4, -0.2) is 33.9 Å². The number of carbonyl (C=O) groups excluding carboxylic acids is 2. The van der Waals surface area contributed by atoms with E-state index in [1.807, 2.05) is 29.1 Å². The molecule has 6 nitrogen and oxygen atoms in total. The van der Waals surface area contributed by atoms with Gasteiger partial charge in [-0.15, -0.1) is 0 Å². The first kappa shape index (κ1) is 17.1. The lowest BCUT2D eigenvalue weighted by Gasteiger charge is -2.23. The lowest BCUT2D eigenvalue weighted by molar-refractivity contribution is -0.119. The molecule has 1 aromatic carbocycles. The van der Waals surface area contributed by atoms with Crippen molar-refractivity contribution in [1.82, 2.24) is 9.47 Å². The van der Waals surface area contributed by atoms with E-state index in [1.54, 1.807) is 24.3 Å². The Morgan fingerprint density at radius 1 is 1.15 bits per heavy atom. The molecule has 1 fully saturated rings.